The molecular formula is C12H12N4O. The van der Waals surface area contributed by atoms with Crippen molar-refractivity contribution in [2.45, 2.75) is 6.54 Å². The van der Waals surface area contributed by atoms with Gasteiger partial charge in [-0.05, 0) is 24.3 Å². The van der Waals surface area contributed by atoms with Gasteiger partial charge < -0.3 is 10.1 Å². The van der Waals surface area contributed by atoms with Crippen LogP contribution in [-0.2, 0) is 6.54 Å². The average Bonchev–Trinajstić information content (AvgIpc) is 2.84. The molecule has 0 bridgehead atoms. The molecule has 0 spiro atoms. The second kappa shape index (κ2) is 3.71. The van der Waals surface area contributed by atoms with E-state index in [1.807, 2.05) is 34.9 Å². The summed E-state index contributed by atoms with van der Waals surface area (Å²) >= 11 is 0. The molecule has 0 aromatic carbocycles. The highest BCUT2D eigenvalue weighted by Gasteiger charge is 2.09. The Morgan fingerprint density at radius 1 is 1.24 bits per heavy atom. The van der Waals surface area contributed by atoms with Crippen LogP contribution in [-0.4, -0.2) is 20.5 Å². The van der Waals surface area contributed by atoms with Crippen LogP contribution >= 0.6 is 0 Å². The molecule has 17 heavy (non-hydrogen) atoms. The molecule has 0 saturated carbocycles. The number of nitrogens with two attached hydrogens (primary N) is 1. The predicted octanol–water partition coefficient (Wildman–Crippen LogP) is 0.608. The van der Waals surface area contributed by atoms with Gasteiger partial charge >= 0.3 is 0 Å². The van der Waals surface area contributed by atoms with Gasteiger partial charge in [0.05, 0.1) is 5.52 Å². The molecule has 3 aromatic rings. The number of rotatable bonds is 2. The predicted molar refractivity (Wildman–Crippen MR) is 66.0 cm³/mol. The Bertz CT molecular complexity index is 741. The molecule has 0 fully saturated rings. The number of pyridine rings is 1. The standard InChI is InChI=1S/C12H12N4O/c13-5-8-16-11-9(3-1-6-14-11)15-7-2-4-10(15)12(16)17/h1-4,6-7H,5,8,13H2. The van der Waals surface area contributed by atoms with Gasteiger partial charge in [-0.25, -0.2) is 4.98 Å². The van der Waals surface area contributed by atoms with Crippen LogP contribution < -0.4 is 11.3 Å². The van der Waals surface area contributed by atoms with E-state index in [2.05, 4.69) is 4.98 Å². The maximum atomic E-state index is 12.2. The summed E-state index contributed by atoms with van der Waals surface area (Å²) in [7, 11) is 0. The van der Waals surface area contributed by atoms with E-state index < -0.39 is 0 Å². The number of aromatic nitrogens is 3. The monoisotopic (exact) mass is 228 g/mol. The molecular weight excluding hydrogens is 216 g/mol. The van der Waals surface area contributed by atoms with Crippen molar-refractivity contribution >= 4 is 16.7 Å². The van der Waals surface area contributed by atoms with Crippen molar-refractivity contribution in [3.8, 4) is 0 Å². The second-order valence-corrected chi connectivity index (χ2v) is 3.86. The first-order valence-corrected chi connectivity index (χ1v) is 5.47. The lowest BCUT2D eigenvalue weighted by Gasteiger charge is -2.10. The van der Waals surface area contributed by atoms with Crippen molar-refractivity contribution < 1.29 is 0 Å². The molecule has 0 amide bonds. The van der Waals surface area contributed by atoms with E-state index in [1.165, 1.54) is 0 Å². The zero-order valence-corrected chi connectivity index (χ0v) is 9.21. The van der Waals surface area contributed by atoms with Crippen molar-refractivity contribution in [3.63, 3.8) is 0 Å². The lowest BCUT2D eigenvalue weighted by atomic mass is 10.3. The molecule has 2 N–H and O–H groups in total. The zero-order valence-electron chi connectivity index (χ0n) is 9.21. The minimum absolute atomic E-state index is 0.0494. The highest BCUT2D eigenvalue weighted by molar-refractivity contribution is 5.75. The van der Waals surface area contributed by atoms with E-state index >= 15 is 0 Å². The van der Waals surface area contributed by atoms with Crippen molar-refractivity contribution in [1.29, 1.82) is 0 Å². The minimum Gasteiger partial charge on any atom is -0.329 e. The maximum Gasteiger partial charge on any atom is 0.276 e. The van der Waals surface area contributed by atoms with E-state index in [0.717, 1.165) is 5.52 Å². The number of nitrogens with zero attached hydrogens (tertiary/aromatic N) is 3. The molecule has 0 saturated heterocycles. The summed E-state index contributed by atoms with van der Waals surface area (Å²) in [5, 5.41) is 0. The van der Waals surface area contributed by atoms with Gasteiger partial charge in [0.25, 0.3) is 5.56 Å². The molecule has 0 radical (unpaired) electrons. The molecule has 3 aromatic heterocycles. The summed E-state index contributed by atoms with van der Waals surface area (Å²) in [6, 6.07) is 7.47. The average molecular weight is 228 g/mol. The molecule has 86 valence electrons. The van der Waals surface area contributed by atoms with E-state index in [9.17, 15) is 4.79 Å². The summed E-state index contributed by atoms with van der Waals surface area (Å²) in [6.07, 6.45) is 3.55. The number of hydrogen-bond donors (Lipinski definition) is 1. The van der Waals surface area contributed by atoms with Gasteiger partial charge in [-0.3, -0.25) is 9.36 Å². The quantitative estimate of drug-likeness (QED) is 0.698. The Morgan fingerprint density at radius 2 is 2.06 bits per heavy atom. The van der Waals surface area contributed by atoms with E-state index in [4.69, 9.17) is 5.73 Å². The first kappa shape index (κ1) is 10.0. The maximum absolute atomic E-state index is 12.2. The Labute approximate surface area is 97.1 Å². The van der Waals surface area contributed by atoms with Crippen LogP contribution in [0.2, 0.25) is 0 Å². The van der Waals surface area contributed by atoms with Crippen LogP contribution in [0.25, 0.3) is 16.7 Å². The van der Waals surface area contributed by atoms with Crippen LogP contribution in [0.15, 0.2) is 41.5 Å². The van der Waals surface area contributed by atoms with E-state index in [1.54, 1.807) is 10.8 Å². The third-order valence-corrected chi connectivity index (χ3v) is 2.85. The SMILES string of the molecule is NCCn1c(=O)c2cccn2c2cccnc21. The summed E-state index contributed by atoms with van der Waals surface area (Å²) in [5.41, 5.74) is 7.74. The van der Waals surface area contributed by atoms with Crippen LogP contribution in [0.5, 0.6) is 0 Å². The van der Waals surface area contributed by atoms with Gasteiger partial charge in [-0.15, -0.1) is 0 Å². The van der Waals surface area contributed by atoms with Crippen LogP contribution in [0.4, 0.5) is 0 Å². The molecule has 0 atom stereocenters. The van der Waals surface area contributed by atoms with Crippen LogP contribution in [0.3, 0.4) is 0 Å². The van der Waals surface area contributed by atoms with Gasteiger partial charge in [0.1, 0.15) is 5.52 Å². The summed E-state index contributed by atoms with van der Waals surface area (Å²) in [6.45, 7) is 0.899. The van der Waals surface area contributed by atoms with Gasteiger partial charge in [-0.1, -0.05) is 0 Å². The third kappa shape index (κ3) is 1.36. The van der Waals surface area contributed by atoms with E-state index in [-0.39, 0.29) is 5.56 Å². The van der Waals surface area contributed by atoms with E-state index in [0.29, 0.717) is 24.3 Å². The second-order valence-electron chi connectivity index (χ2n) is 3.86. The molecule has 5 heteroatoms. The Morgan fingerprint density at radius 3 is 2.88 bits per heavy atom. The van der Waals surface area contributed by atoms with Crippen molar-refractivity contribution in [2.75, 3.05) is 6.54 Å². The smallest absolute Gasteiger partial charge is 0.276 e. The highest BCUT2D eigenvalue weighted by Crippen LogP contribution is 2.12. The molecule has 0 aliphatic carbocycles. The first-order chi connectivity index (χ1) is 8.33. The van der Waals surface area contributed by atoms with Gasteiger partial charge in [0.2, 0.25) is 0 Å². The Hall–Kier alpha value is -2.14. The molecule has 0 unspecified atom stereocenters. The van der Waals surface area contributed by atoms with Crippen LogP contribution in [0, 0.1) is 0 Å². The highest BCUT2D eigenvalue weighted by atomic mass is 16.1. The lowest BCUT2D eigenvalue weighted by molar-refractivity contribution is 0.699. The Balaban J connectivity index is 2.57. The summed E-state index contributed by atoms with van der Waals surface area (Å²) < 4.78 is 3.49. The van der Waals surface area contributed by atoms with Gasteiger partial charge in [-0.2, -0.15) is 0 Å². The zero-order chi connectivity index (χ0) is 11.8. The fourth-order valence-electron chi connectivity index (χ4n) is 2.12. The molecule has 0 aliphatic rings. The number of fused-ring (bicyclic) bond motifs is 3. The molecule has 3 heterocycles. The van der Waals surface area contributed by atoms with Crippen molar-refractivity contribution in [2.24, 2.45) is 5.73 Å². The minimum atomic E-state index is -0.0494. The molecule has 0 aliphatic heterocycles. The normalized spacial score (nSPS) is 11.4. The fraction of sp³-hybridized carbons (Fsp3) is 0.167. The Kier molecular flexibility index (Phi) is 2.19. The first-order valence-electron chi connectivity index (χ1n) is 5.47. The summed E-state index contributed by atoms with van der Waals surface area (Å²) in [4.78, 5) is 16.5. The van der Waals surface area contributed by atoms with Crippen LogP contribution in [0.1, 0.15) is 0 Å². The fourth-order valence-corrected chi connectivity index (χ4v) is 2.12. The third-order valence-electron chi connectivity index (χ3n) is 2.85. The topological polar surface area (TPSA) is 65.3 Å². The largest absolute Gasteiger partial charge is 0.329 e. The molecule has 5 nitrogen and oxygen atoms in total. The van der Waals surface area contributed by atoms with Gasteiger partial charge in [0, 0.05) is 25.5 Å². The van der Waals surface area contributed by atoms with Crippen molar-refractivity contribution in [3.05, 3.63) is 47.0 Å². The van der Waals surface area contributed by atoms with Crippen molar-refractivity contribution in [1.82, 2.24) is 14.0 Å². The number of hydrogen-bond acceptors (Lipinski definition) is 3. The summed E-state index contributed by atoms with van der Waals surface area (Å²) in [5.74, 6) is 0. The lowest BCUT2D eigenvalue weighted by Crippen LogP contribution is -2.26. The molecule has 3 rings (SSSR count). The van der Waals surface area contributed by atoms with Gasteiger partial charge in [0.15, 0.2) is 5.65 Å².